The van der Waals surface area contributed by atoms with Crippen LogP contribution in [-0.2, 0) is 28.0 Å². The minimum atomic E-state index is -1.32. The molecule has 164 valence electrons. The summed E-state index contributed by atoms with van der Waals surface area (Å²) in [5.74, 6) is -0.572. The molecule has 4 N–H and O–H groups in total. The molecule has 31 heavy (non-hydrogen) atoms. The molecule has 10 heteroatoms. The zero-order chi connectivity index (χ0) is 22.5. The monoisotopic (exact) mass is 444 g/mol. The van der Waals surface area contributed by atoms with Gasteiger partial charge in [0.1, 0.15) is 28.6 Å². The second kappa shape index (κ2) is 7.52. The highest BCUT2D eigenvalue weighted by Crippen LogP contribution is 2.38. The molecular formula is C21H24N4O5S. The van der Waals surface area contributed by atoms with Crippen LogP contribution in [0.1, 0.15) is 57.6 Å². The first kappa shape index (κ1) is 21.1. The summed E-state index contributed by atoms with van der Waals surface area (Å²) >= 11 is 1.33. The van der Waals surface area contributed by atoms with E-state index in [1.807, 2.05) is 0 Å². The Morgan fingerprint density at radius 2 is 2.00 bits per heavy atom. The lowest BCUT2D eigenvalue weighted by atomic mass is 9.92. The number of nitrogens with one attached hydrogen (secondary N) is 2. The number of primary amides is 1. The van der Waals surface area contributed by atoms with Gasteiger partial charge < -0.3 is 20.8 Å². The van der Waals surface area contributed by atoms with Crippen molar-refractivity contribution in [1.29, 1.82) is 0 Å². The molecule has 1 unspecified atom stereocenters. The molecule has 1 aliphatic carbocycles. The lowest BCUT2D eigenvalue weighted by Gasteiger charge is -2.21. The summed E-state index contributed by atoms with van der Waals surface area (Å²) in [4.78, 5) is 52.2. The molecule has 1 aliphatic heterocycles. The van der Waals surface area contributed by atoms with E-state index >= 15 is 0 Å². The fourth-order valence-corrected chi connectivity index (χ4v) is 5.69. The van der Waals surface area contributed by atoms with Crippen molar-refractivity contribution in [2.75, 3.05) is 11.9 Å². The van der Waals surface area contributed by atoms with Gasteiger partial charge in [-0.3, -0.25) is 19.3 Å². The Balaban J connectivity index is 1.54. The molecule has 1 saturated heterocycles. The average molecular weight is 445 g/mol. The summed E-state index contributed by atoms with van der Waals surface area (Å²) in [6.45, 7) is 4.58. The molecule has 0 radical (unpaired) electrons. The number of furan rings is 1. The minimum Gasteiger partial charge on any atom is -0.466 e. The number of nitrogens with zero attached hydrogens (tertiary/aromatic N) is 1. The van der Waals surface area contributed by atoms with Crippen molar-refractivity contribution in [3.8, 4) is 0 Å². The van der Waals surface area contributed by atoms with Gasteiger partial charge in [-0.2, -0.15) is 0 Å². The first-order valence-corrected chi connectivity index (χ1v) is 10.9. The Bertz CT molecular complexity index is 1120. The van der Waals surface area contributed by atoms with Gasteiger partial charge in [-0.05, 0) is 58.1 Å². The summed E-state index contributed by atoms with van der Waals surface area (Å²) in [6.07, 6.45) is 3.57. The molecule has 0 spiro atoms. The Labute approximate surface area is 183 Å². The van der Waals surface area contributed by atoms with Gasteiger partial charge in [0.25, 0.3) is 11.8 Å². The number of aryl methyl sites for hydroxylation is 3. The molecule has 5 amide bonds. The van der Waals surface area contributed by atoms with E-state index in [0.29, 0.717) is 27.6 Å². The number of anilines is 1. The third-order valence-electron chi connectivity index (χ3n) is 5.83. The van der Waals surface area contributed by atoms with Crippen molar-refractivity contribution < 1.29 is 23.6 Å². The van der Waals surface area contributed by atoms with Crippen molar-refractivity contribution in [1.82, 2.24) is 10.2 Å². The van der Waals surface area contributed by atoms with Gasteiger partial charge in [0.2, 0.25) is 5.91 Å². The molecule has 0 aromatic carbocycles. The maximum atomic E-state index is 13.1. The van der Waals surface area contributed by atoms with Crippen LogP contribution in [-0.4, -0.2) is 35.2 Å². The predicted octanol–water partition coefficient (Wildman–Crippen LogP) is 2.34. The highest BCUT2D eigenvalue weighted by atomic mass is 32.1. The molecule has 1 fully saturated rings. The van der Waals surface area contributed by atoms with E-state index in [4.69, 9.17) is 10.2 Å². The fourth-order valence-electron chi connectivity index (χ4n) is 4.37. The Hall–Kier alpha value is -3.14. The standard InChI is InChI=1S/C21H24N4O5S/c1-10-8-13(11(2)30-10)21(3)19(28)25(20(29)24-21)9-15(26)23-18-16(17(22)27)12-6-4-5-7-14(12)31-18/h8H,4-7,9H2,1-3H3,(H2,22,27)(H,23,26)(H,24,29). The molecule has 2 aromatic heterocycles. The number of imide groups is 1. The van der Waals surface area contributed by atoms with Crippen molar-refractivity contribution >= 4 is 40.1 Å². The maximum absolute atomic E-state index is 13.1. The summed E-state index contributed by atoms with van der Waals surface area (Å²) in [6, 6.07) is 1.04. The Kier molecular flexibility index (Phi) is 5.12. The van der Waals surface area contributed by atoms with Crippen LogP contribution < -0.4 is 16.4 Å². The third-order valence-corrected chi connectivity index (χ3v) is 7.03. The maximum Gasteiger partial charge on any atom is 0.325 e. The van der Waals surface area contributed by atoms with E-state index in [1.165, 1.54) is 11.3 Å². The van der Waals surface area contributed by atoms with Crippen molar-refractivity contribution in [3.63, 3.8) is 0 Å². The van der Waals surface area contributed by atoms with E-state index in [2.05, 4.69) is 10.6 Å². The number of amides is 5. The van der Waals surface area contributed by atoms with Gasteiger partial charge in [-0.1, -0.05) is 0 Å². The molecule has 1 atom stereocenters. The van der Waals surface area contributed by atoms with Crippen molar-refractivity contribution in [2.45, 2.75) is 52.0 Å². The van der Waals surface area contributed by atoms with Crippen LogP contribution in [0.4, 0.5) is 9.80 Å². The topological polar surface area (TPSA) is 135 Å². The summed E-state index contributed by atoms with van der Waals surface area (Å²) in [5.41, 5.74) is 6.02. The summed E-state index contributed by atoms with van der Waals surface area (Å²) in [7, 11) is 0. The van der Waals surface area contributed by atoms with Crippen LogP contribution >= 0.6 is 11.3 Å². The Morgan fingerprint density at radius 3 is 2.65 bits per heavy atom. The van der Waals surface area contributed by atoms with Crippen LogP contribution in [0.25, 0.3) is 0 Å². The summed E-state index contributed by atoms with van der Waals surface area (Å²) < 4.78 is 5.50. The van der Waals surface area contributed by atoms with Gasteiger partial charge in [0.05, 0.1) is 5.56 Å². The summed E-state index contributed by atoms with van der Waals surface area (Å²) in [5, 5.41) is 5.73. The molecule has 9 nitrogen and oxygen atoms in total. The van der Waals surface area contributed by atoms with E-state index in [-0.39, 0.29) is 0 Å². The van der Waals surface area contributed by atoms with Gasteiger partial charge in [0.15, 0.2) is 0 Å². The number of rotatable bonds is 5. The molecule has 4 rings (SSSR count). The first-order valence-electron chi connectivity index (χ1n) is 10.1. The second-order valence-corrected chi connectivity index (χ2v) is 9.21. The molecule has 3 heterocycles. The number of fused-ring (bicyclic) bond motifs is 1. The highest BCUT2D eigenvalue weighted by Gasteiger charge is 2.51. The quantitative estimate of drug-likeness (QED) is 0.609. The van der Waals surface area contributed by atoms with Crippen LogP contribution in [0.5, 0.6) is 0 Å². The van der Waals surface area contributed by atoms with E-state index in [0.717, 1.165) is 41.0 Å². The van der Waals surface area contributed by atoms with Gasteiger partial charge in [-0.15, -0.1) is 11.3 Å². The number of hydrogen-bond acceptors (Lipinski definition) is 6. The van der Waals surface area contributed by atoms with Crippen LogP contribution in [0.2, 0.25) is 0 Å². The fraction of sp³-hybridized carbons (Fsp3) is 0.429. The van der Waals surface area contributed by atoms with Crippen LogP contribution in [0, 0.1) is 13.8 Å². The van der Waals surface area contributed by atoms with Gasteiger partial charge in [0, 0.05) is 10.4 Å². The molecule has 2 aliphatic rings. The average Bonchev–Trinajstić information content (AvgIpc) is 3.29. The number of carbonyl (C=O) groups excluding carboxylic acids is 4. The molecular weight excluding hydrogens is 420 g/mol. The highest BCUT2D eigenvalue weighted by molar-refractivity contribution is 7.17. The normalized spacial score (nSPS) is 20.5. The number of nitrogens with two attached hydrogens (primary N) is 1. The van der Waals surface area contributed by atoms with E-state index in [1.54, 1.807) is 26.8 Å². The zero-order valence-electron chi connectivity index (χ0n) is 17.6. The SMILES string of the molecule is Cc1cc(C2(C)NC(=O)N(CC(=O)Nc3sc4c(c3C(N)=O)CCCC4)C2=O)c(C)o1. The minimum absolute atomic E-state index is 0.333. The van der Waals surface area contributed by atoms with E-state index < -0.39 is 35.8 Å². The largest absolute Gasteiger partial charge is 0.466 e. The smallest absolute Gasteiger partial charge is 0.325 e. The lowest BCUT2D eigenvalue weighted by molar-refractivity contribution is -0.133. The molecule has 0 bridgehead atoms. The first-order chi connectivity index (χ1) is 14.6. The third kappa shape index (κ3) is 3.50. The molecule has 2 aromatic rings. The number of urea groups is 1. The van der Waals surface area contributed by atoms with E-state index in [9.17, 15) is 19.2 Å². The molecule has 0 saturated carbocycles. The predicted molar refractivity (Wildman–Crippen MR) is 114 cm³/mol. The van der Waals surface area contributed by atoms with Gasteiger partial charge in [-0.25, -0.2) is 4.79 Å². The zero-order valence-corrected chi connectivity index (χ0v) is 18.4. The number of thiophene rings is 1. The number of hydrogen-bond donors (Lipinski definition) is 3. The lowest BCUT2D eigenvalue weighted by Crippen LogP contribution is -2.42. The van der Waals surface area contributed by atoms with Crippen LogP contribution in [0.3, 0.4) is 0 Å². The van der Waals surface area contributed by atoms with Gasteiger partial charge >= 0.3 is 6.03 Å². The van der Waals surface area contributed by atoms with Crippen LogP contribution in [0.15, 0.2) is 10.5 Å². The number of carbonyl (C=O) groups is 4. The van der Waals surface area contributed by atoms with Crippen molar-refractivity contribution in [2.24, 2.45) is 5.73 Å². The second-order valence-electron chi connectivity index (χ2n) is 8.10. The Morgan fingerprint density at radius 1 is 1.29 bits per heavy atom. The van der Waals surface area contributed by atoms with Crippen molar-refractivity contribution in [3.05, 3.63) is 39.2 Å².